The van der Waals surface area contributed by atoms with E-state index in [0.29, 0.717) is 5.02 Å². The summed E-state index contributed by atoms with van der Waals surface area (Å²) in [4.78, 5) is 36.7. The number of H-pyrrole nitrogens is 1. The summed E-state index contributed by atoms with van der Waals surface area (Å²) in [6, 6.07) is 22.1. The summed E-state index contributed by atoms with van der Waals surface area (Å²) in [7, 11) is 0. The van der Waals surface area contributed by atoms with E-state index in [2.05, 4.69) is 20.8 Å². The number of anilines is 1. The molecule has 200 valence electrons. The molecule has 39 heavy (non-hydrogen) atoms. The minimum atomic E-state index is -1.67. The molecule has 1 aromatic heterocycles. The number of aromatic nitrogens is 2. The Morgan fingerprint density at radius 2 is 1.64 bits per heavy atom. The number of carbonyl (C=O) groups is 3. The van der Waals surface area contributed by atoms with Gasteiger partial charge in [-0.05, 0) is 47.4 Å². The predicted octanol–water partition coefficient (Wildman–Crippen LogP) is 4.81. The van der Waals surface area contributed by atoms with Crippen molar-refractivity contribution in [2.75, 3.05) is 5.32 Å². The molecular formula is C28H24Cl2N4O5. The highest BCUT2D eigenvalue weighted by Crippen LogP contribution is 2.24. The Kier molecular flexibility index (Phi) is 8.98. The third-order valence-electron chi connectivity index (χ3n) is 5.90. The number of carboxylic acid groups (broad SMARTS) is 1. The van der Waals surface area contributed by atoms with Gasteiger partial charge in [0.15, 0.2) is 11.9 Å². The van der Waals surface area contributed by atoms with Gasteiger partial charge in [0, 0.05) is 23.6 Å². The monoisotopic (exact) mass is 566 g/mol. The van der Waals surface area contributed by atoms with Crippen LogP contribution < -0.4 is 10.6 Å². The zero-order chi connectivity index (χ0) is 27.9. The fourth-order valence-corrected chi connectivity index (χ4v) is 4.36. The maximum absolute atomic E-state index is 12.9. The SMILES string of the molecule is O=C(NC(Cc1ccc(-c2cccc(Cl)c2)cc1)CC(O)C(=O)O)c1cc(NC(=O)c2ccccc2Cl)n[nH]1. The van der Waals surface area contributed by atoms with Gasteiger partial charge in [-0.1, -0.05) is 71.7 Å². The number of aliphatic hydroxyl groups is 1. The van der Waals surface area contributed by atoms with Gasteiger partial charge in [0.1, 0.15) is 5.69 Å². The number of aromatic amines is 1. The van der Waals surface area contributed by atoms with Gasteiger partial charge < -0.3 is 20.8 Å². The van der Waals surface area contributed by atoms with E-state index in [1.54, 1.807) is 30.3 Å². The average molecular weight is 567 g/mol. The van der Waals surface area contributed by atoms with Crippen molar-refractivity contribution in [1.82, 2.24) is 15.5 Å². The molecule has 2 amide bonds. The zero-order valence-corrected chi connectivity index (χ0v) is 21.9. The van der Waals surface area contributed by atoms with Gasteiger partial charge in [-0.15, -0.1) is 0 Å². The van der Waals surface area contributed by atoms with Crippen LogP contribution >= 0.6 is 23.2 Å². The molecule has 4 rings (SSSR count). The Bertz CT molecular complexity index is 1490. The molecule has 5 N–H and O–H groups in total. The molecule has 0 bridgehead atoms. The highest BCUT2D eigenvalue weighted by atomic mass is 35.5. The second-order valence-corrected chi connectivity index (χ2v) is 9.62. The molecular weight excluding hydrogens is 543 g/mol. The Morgan fingerprint density at radius 3 is 2.33 bits per heavy atom. The maximum atomic E-state index is 12.9. The lowest BCUT2D eigenvalue weighted by Crippen LogP contribution is -2.40. The van der Waals surface area contributed by atoms with E-state index in [4.69, 9.17) is 23.2 Å². The van der Waals surface area contributed by atoms with Crippen LogP contribution in [0.1, 0.15) is 32.8 Å². The quantitative estimate of drug-likeness (QED) is 0.186. The predicted molar refractivity (Wildman–Crippen MR) is 148 cm³/mol. The molecule has 11 heteroatoms. The number of nitrogens with one attached hydrogen (secondary N) is 3. The fourth-order valence-electron chi connectivity index (χ4n) is 3.94. The number of hydrogen-bond acceptors (Lipinski definition) is 5. The van der Waals surface area contributed by atoms with E-state index in [1.807, 2.05) is 42.5 Å². The summed E-state index contributed by atoms with van der Waals surface area (Å²) < 4.78 is 0. The first kappa shape index (κ1) is 27.8. The van der Waals surface area contributed by atoms with E-state index in [1.165, 1.54) is 6.07 Å². The average Bonchev–Trinajstić information content (AvgIpc) is 3.38. The lowest BCUT2D eigenvalue weighted by molar-refractivity contribution is -0.147. The van der Waals surface area contributed by atoms with Crippen molar-refractivity contribution < 1.29 is 24.6 Å². The Hall–Kier alpha value is -4.18. The second-order valence-electron chi connectivity index (χ2n) is 8.77. The number of aliphatic carboxylic acids is 1. The van der Waals surface area contributed by atoms with Crippen molar-refractivity contribution in [2.45, 2.75) is 25.0 Å². The molecule has 0 fully saturated rings. The highest BCUT2D eigenvalue weighted by molar-refractivity contribution is 6.34. The van der Waals surface area contributed by atoms with E-state index >= 15 is 0 Å². The van der Waals surface area contributed by atoms with Crippen molar-refractivity contribution in [2.24, 2.45) is 0 Å². The Balaban J connectivity index is 1.44. The number of carbonyl (C=O) groups excluding carboxylic acids is 2. The van der Waals surface area contributed by atoms with Crippen LogP contribution in [-0.4, -0.2) is 50.3 Å². The first-order valence-electron chi connectivity index (χ1n) is 11.9. The third kappa shape index (κ3) is 7.44. The minimum Gasteiger partial charge on any atom is -0.479 e. The zero-order valence-electron chi connectivity index (χ0n) is 20.4. The van der Waals surface area contributed by atoms with Gasteiger partial charge in [0.2, 0.25) is 0 Å². The Morgan fingerprint density at radius 1 is 0.897 bits per heavy atom. The number of aliphatic hydroxyl groups excluding tert-OH is 1. The number of amides is 2. The van der Waals surface area contributed by atoms with Gasteiger partial charge in [-0.25, -0.2) is 4.79 Å². The summed E-state index contributed by atoms with van der Waals surface area (Å²) >= 11 is 12.1. The van der Waals surface area contributed by atoms with E-state index in [-0.39, 0.29) is 34.9 Å². The van der Waals surface area contributed by atoms with Crippen LogP contribution in [0.5, 0.6) is 0 Å². The first-order chi connectivity index (χ1) is 18.7. The largest absolute Gasteiger partial charge is 0.479 e. The molecule has 0 saturated heterocycles. The molecule has 3 aromatic carbocycles. The third-order valence-corrected chi connectivity index (χ3v) is 6.47. The maximum Gasteiger partial charge on any atom is 0.332 e. The standard InChI is InChI=1S/C28H24Cl2N4O5/c29-19-5-3-4-18(13-19)17-10-8-16(9-11-17)12-20(14-24(35)28(38)39)31-27(37)23-15-25(34-33-23)32-26(36)21-6-1-2-7-22(21)30/h1-11,13,15,20,24,35H,12,14H2,(H,31,37)(H,38,39)(H2,32,33,34,36). The lowest BCUT2D eigenvalue weighted by atomic mass is 9.97. The molecule has 0 aliphatic carbocycles. The van der Waals surface area contributed by atoms with Gasteiger partial charge in [-0.3, -0.25) is 14.7 Å². The number of halogens is 2. The molecule has 0 spiro atoms. The van der Waals surface area contributed by atoms with Crippen molar-refractivity contribution in [3.63, 3.8) is 0 Å². The molecule has 0 aliphatic rings. The fraction of sp³-hybridized carbons (Fsp3) is 0.143. The van der Waals surface area contributed by atoms with Gasteiger partial charge >= 0.3 is 5.97 Å². The van der Waals surface area contributed by atoms with Crippen LogP contribution in [0, 0.1) is 0 Å². The van der Waals surface area contributed by atoms with Crippen LogP contribution in [0.3, 0.4) is 0 Å². The number of carboxylic acids is 1. The second kappa shape index (κ2) is 12.6. The summed E-state index contributed by atoms with van der Waals surface area (Å²) in [5, 5.41) is 31.9. The van der Waals surface area contributed by atoms with Crippen LogP contribution in [0.4, 0.5) is 5.82 Å². The van der Waals surface area contributed by atoms with Crippen molar-refractivity contribution in [3.8, 4) is 11.1 Å². The van der Waals surface area contributed by atoms with Gasteiger partial charge in [-0.2, -0.15) is 5.10 Å². The van der Waals surface area contributed by atoms with Crippen molar-refractivity contribution >= 4 is 46.8 Å². The minimum absolute atomic E-state index is 0.0376. The molecule has 0 saturated carbocycles. The van der Waals surface area contributed by atoms with Gasteiger partial charge in [0.05, 0.1) is 10.6 Å². The Labute approximate surface area is 233 Å². The topological polar surface area (TPSA) is 144 Å². The van der Waals surface area contributed by atoms with Crippen molar-refractivity contribution in [1.29, 1.82) is 0 Å². The smallest absolute Gasteiger partial charge is 0.332 e. The molecule has 2 unspecified atom stereocenters. The number of rotatable bonds is 10. The molecule has 1 heterocycles. The summed E-state index contributed by atoms with van der Waals surface area (Å²) in [6.45, 7) is 0. The normalized spacial score (nSPS) is 12.4. The lowest BCUT2D eigenvalue weighted by Gasteiger charge is -2.20. The number of nitrogens with zero attached hydrogens (tertiary/aromatic N) is 1. The molecule has 2 atom stereocenters. The summed E-state index contributed by atoms with van der Waals surface area (Å²) in [6.07, 6.45) is -1.63. The summed E-state index contributed by atoms with van der Waals surface area (Å²) in [5.74, 6) is -2.37. The van der Waals surface area contributed by atoms with Crippen LogP contribution in [0.2, 0.25) is 10.0 Å². The van der Waals surface area contributed by atoms with Crippen LogP contribution in [0.25, 0.3) is 11.1 Å². The van der Waals surface area contributed by atoms with Crippen molar-refractivity contribution in [3.05, 3.63) is 106 Å². The molecule has 0 radical (unpaired) electrons. The van der Waals surface area contributed by atoms with Crippen LogP contribution in [0.15, 0.2) is 78.9 Å². The van der Waals surface area contributed by atoms with E-state index in [9.17, 15) is 24.6 Å². The molecule has 9 nitrogen and oxygen atoms in total. The summed E-state index contributed by atoms with van der Waals surface area (Å²) in [5.41, 5.74) is 2.99. The van der Waals surface area contributed by atoms with Crippen LogP contribution in [-0.2, 0) is 11.2 Å². The highest BCUT2D eigenvalue weighted by Gasteiger charge is 2.23. The number of benzene rings is 3. The first-order valence-corrected chi connectivity index (χ1v) is 12.6. The van der Waals surface area contributed by atoms with Gasteiger partial charge in [0.25, 0.3) is 11.8 Å². The van der Waals surface area contributed by atoms with E-state index in [0.717, 1.165) is 16.7 Å². The molecule has 4 aromatic rings. The van der Waals surface area contributed by atoms with E-state index < -0.39 is 29.9 Å². The number of hydrogen-bond donors (Lipinski definition) is 5. The molecule has 0 aliphatic heterocycles.